The first-order chi connectivity index (χ1) is 5.37. The van der Waals surface area contributed by atoms with Crippen molar-refractivity contribution >= 4 is 41.6 Å². The van der Waals surface area contributed by atoms with Crippen LogP contribution in [0.4, 0.5) is 0 Å². The fraction of sp³-hybridized carbons (Fsp3) is 1.00. The highest BCUT2D eigenvalue weighted by molar-refractivity contribution is 7.62. The Morgan fingerprint density at radius 2 is 0.529 bits per heavy atom. The molecule has 0 aliphatic carbocycles. The van der Waals surface area contributed by atoms with Crippen LogP contribution >= 0.6 is 7.92 Å². The van der Waals surface area contributed by atoms with Crippen LogP contribution in [0.3, 0.4) is 0 Å². The zero-order valence-electron chi connectivity index (χ0n) is 13.3. The minimum atomic E-state index is 0. The lowest BCUT2D eigenvalue weighted by Crippen LogP contribution is -2.34. The Kier molecular flexibility index (Phi) is 15.7. The molecular formula is C12H27B4P. The van der Waals surface area contributed by atoms with E-state index in [0.717, 1.165) is 0 Å². The molecule has 0 spiro atoms. The quantitative estimate of drug-likeness (QED) is 0.454. The van der Waals surface area contributed by atoms with E-state index < -0.39 is 0 Å². The molecule has 0 unspecified atom stereocenters. The summed E-state index contributed by atoms with van der Waals surface area (Å²) in [6.45, 7) is 21.5. The summed E-state index contributed by atoms with van der Waals surface area (Å²) in [6.07, 6.45) is 0. The van der Waals surface area contributed by atoms with E-state index in [-0.39, 0.29) is 41.6 Å². The van der Waals surface area contributed by atoms with Gasteiger partial charge < -0.3 is 0 Å². The highest BCUT2D eigenvalue weighted by atomic mass is 31.1. The monoisotopic (exact) mass is 246 g/mol. The summed E-state index contributed by atoms with van der Waals surface area (Å²) in [4.78, 5) is 0. The molecule has 0 aliphatic heterocycles. The van der Waals surface area contributed by atoms with Gasteiger partial charge in [0.25, 0.3) is 0 Å². The first-order valence-corrected chi connectivity index (χ1v) is 6.51. The average molecular weight is 246 g/mol. The molecule has 0 atom stereocenters. The summed E-state index contributed by atoms with van der Waals surface area (Å²) in [6, 6.07) is 0. The maximum atomic E-state index is 2.38. The average Bonchev–Trinajstić information content (AvgIpc) is 1.44. The predicted molar refractivity (Wildman–Crippen MR) is 89.2 cm³/mol. The third-order valence-corrected chi connectivity index (χ3v) is 6.04. The molecule has 0 fully saturated rings. The lowest BCUT2D eigenvalue weighted by Gasteiger charge is -2.49. The normalized spacial score (nSPS) is 11.6. The van der Waals surface area contributed by atoms with E-state index in [1.165, 1.54) is 0 Å². The van der Waals surface area contributed by atoms with Gasteiger partial charge in [-0.2, -0.15) is 0 Å². The van der Waals surface area contributed by atoms with Gasteiger partial charge in [0.15, 0.2) is 0 Å². The van der Waals surface area contributed by atoms with E-state index in [0.29, 0.717) is 15.5 Å². The molecule has 0 aliphatic rings. The van der Waals surface area contributed by atoms with Crippen molar-refractivity contribution < 1.29 is 0 Å². The van der Waals surface area contributed by atoms with Crippen LogP contribution in [-0.2, 0) is 0 Å². The second-order valence-corrected chi connectivity index (χ2v) is 11.5. The molecule has 12 radical (unpaired) electrons. The summed E-state index contributed by atoms with van der Waals surface area (Å²) >= 11 is 0. The molecule has 0 heterocycles. The Balaban J connectivity index is -0.000000120. The van der Waals surface area contributed by atoms with E-state index >= 15 is 0 Å². The zero-order chi connectivity index (χ0) is 11.1. The first-order valence-electron chi connectivity index (χ1n) is 5.17. The molecule has 0 saturated carbocycles. The molecule has 17 heavy (non-hydrogen) atoms. The topological polar surface area (TPSA) is 0 Å². The van der Waals surface area contributed by atoms with Crippen molar-refractivity contribution in [3.05, 3.63) is 0 Å². The van der Waals surface area contributed by atoms with Gasteiger partial charge in [0.2, 0.25) is 0 Å². The van der Waals surface area contributed by atoms with E-state index in [9.17, 15) is 0 Å². The summed E-state index contributed by atoms with van der Waals surface area (Å²) in [5.41, 5.74) is 0. The van der Waals surface area contributed by atoms with Gasteiger partial charge in [0, 0.05) is 33.7 Å². The maximum Gasteiger partial charge on any atom is 0 e. The van der Waals surface area contributed by atoms with Crippen LogP contribution in [0.5, 0.6) is 0 Å². The van der Waals surface area contributed by atoms with E-state index in [2.05, 4.69) is 62.3 Å². The minimum Gasteiger partial charge on any atom is -0.0901 e. The van der Waals surface area contributed by atoms with Crippen LogP contribution in [0.2, 0.25) is 0 Å². The van der Waals surface area contributed by atoms with Gasteiger partial charge in [-0.1, -0.05) is 70.2 Å². The van der Waals surface area contributed by atoms with Crippen molar-refractivity contribution in [2.75, 3.05) is 0 Å². The third kappa shape index (κ3) is 10.3. The Hall–Kier alpha value is 0.690. The lowest BCUT2D eigenvalue weighted by molar-refractivity contribution is 0.644. The predicted octanol–water partition coefficient (Wildman–Crippen LogP) is 3.34. The highest BCUT2D eigenvalue weighted by Gasteiger charge is 2.41. The van der Waals surface area contributed by atoms with Crippen molar-refractivity contribution in [2.24, 2.45) is 0 Å². The second kappa shape index (κ2) is 8.73. The summed E-state index contributed by atoms with van der Waals surface area (Å²) in [5.74, 6) is 0. The largest absolute Gasteiger partial charge is 0.0901 e. The highest BCUT2D eigenvalue weighted by Crippen LogP contribution is 2.66. The van der Waals surface area contributed by atoms with Crippen molar-refractivity contribution in [1.29, 1.82) is 0 Å². The van der Waals surface area contributed by atoms with Crippen molar-refractivity contribution in [2.45, 2.75) is 77.8 Å². The van der Waals surface area contributed by atoms with Gasteiger partial charge in [-0.05, 0) is 15.5 Å². The Morgan fingerprint density at radius 1 is 0.412 bits per heavy atom. The first kappa shape index (κ1) is 30.6. The summed E-state index contributed by atoms with van der Waals surface area (Å²) in [7, 11) is 0.0162. The Labute approximate surface area is 120 Å². The Morgan fingerprint density at radius 3 is 0.529 bits per heavy atom. The molecular weight excluding hydrogens is 218 g/mol. The van der Waals surface area contributed by atoms with Gasteiger partial charge in [0.05, 0.1) is 0 Å². The van der Waals surface area contributed by atoms with Gasteiger partial charge in [-0.3, -0.25) is 0 Å². The summed E-state index contributed by atoms with van der Waals surface area (Å²) in [5, 5.41) is 1.35. The van der Waals surface area contributed by atoms with E-state index in [1.807, 2.05) is 0 Å². The maximum absolute atomic E-state index is 2.38. The van der Waals surface area contributed by atoms with Gasteiger partial charge in [-0.25, -0.2) is 0 Å². The van der Waals surface area contributed by atoms with Gasteiger partial charge in [-0.15, -0.1) is 0 Å². The van der Waals surface area contributed by atoms with Crippen LogP contribution in [0.15, 0.2) is 0 Å². The SMILES string of the molecule is CC(C)(C)P(C(C)(C)C)C(C)(C)C.[B].[B].[B].[B]. The molecule has 0 bridgehead atoms. The Bertz CT molecular complexity index is 141. The molecule has 0 aromatic carbocycles. The van der Waals surface area contributed by atoms with E-state index in [4.69, 9.17) is 0 Å². The van der Waals surface area contributed by atoms with Crippen LogP contribution < -0.4 is 0 Å². The van der Waals surface area contributed by atoms with Crippen LogP contribution in [0, 0.1) is 0 Å². The molecule has 0 rings (SSSR count). The van der Waals surface area contributed by atoms with Crippen LogP contribution in [0.25, 0.3) is 0 Å². The molecule has 0 aromatic heterocycles. The fourth-order valence-electron chi connectivity index (χ4n) is 3.02. The van der Waals surface area contributed by atoms with Gasteiger partial charge >= 0.3 is 0 Å². The molecule has 0 aromatic rings. The number of hydrogen-bond donors (Lipinski definition) is 0. The van der Waals surface area contributed by atoms with Gasteiger partial charge in [0.1, 0.15) is 0 Å². The van der Waals surface area contributed by atoms with Crippen molar-refractivity contribution in [3.8, 4) is 0 Å². The van der Waals surface area contributed by atoms with Crippen molar-refractivity contribution in [1.82, 2.24) is 0 Å². The zero-order valence-corrected chi connectivity index (χ0v) is 14.2. The fourth-order valence-corrected chi connectivity index (χ4v) is 9.06. The van der Waals surface area contributed by atoms with E-state index in [1.54, 1.807) is 0 Å². The molecule has 5 heteroatoms. The molecule has 0 amide bonds. The molecule has 92 valence electrons. The standard InChI is InChI=1S/C12H27P.4B/c1-10(2,3)13(11(4,5)6)12(7,8)9;;;;/h1-9H3;;;;. The molecule has 0 nitrogen and oxygen atoms in total. The second-order valence-electron chi connectivity index (χ2n) is 6.85. The smallest absolute Gasteiger partial charge is 0 e. The molecule has 0 saturated heterocycles. The lowest BCUT2D eigenvalue weighted by atomic mass is 10.2. The van der Waals surface area contributed by atoms with Crippen molar-refractivity contribution in [3.63, 3.8) is 0 Å². The number of rotatable bonds is 0. The third-order valence-electron chi connectivity index (χ3n) is 2.01. The minimum absolute atomic E-state index is 0. The molecule has 0 N–H and O–H groups in total. The van der Waals surface area contributed by atoms with Crippen LogP contribution in [0.1, 0.15) is 62.3 Å². The summed E-state index contributed by atoms with van der Waals surface area (Å²) < 4.78 is 0. The number of hydrogen-bond acceptors (Lipinski definition) is 0. The van der Waals surface area contributed by atoms with Crippen LogP contribution in [-0.4, -0.2) is 49.1 Å².